The van der Waals surface area contributed by atoms with Gasteiger partial charge in [-0.2, -0.15) is 0 Å². The number of thioether (sulfide) groups is 1. The summed E-state index contributed by atoms with van der Waals surface area (Å²) in [6.45, 7) is 5.97. The highest BCUT2D eigenvalue weighted by atomic mass is 32.2. The van der Waals surface area contributed by atoms with Crippen LogP contribution in [0.3, 0.4) is 0 Å². The first kappa shape index (κ1) is 18.0. The average molecular weight is 325 g/mol. The van der Waals surface area contributed by atoms with E-state index in [0.717, 1.165) is 28.7 Å². The van der Waals surface area contributed by atoms with Gasteiger partial charge in [-0.1, -0.05) is 42.2 Å². The first-order chi connectivity index (χ1) is 10.1. The fourth-order valence-electron chi connectivity index (χ4n) is 1.95. The normalized spacial score (nSPS) is 10.4. The number of hydrogen-bond donors (Lipinski definition) is 1. The molecule has 0 bridgehead atoms. The minimum absolute atomic E-state index is 0.216. The van der Waals surface area contributed by atoms with Gasteiger partial charge in [-0.05, 0) is 31.9 Å². The van der Waals surface area contributed by atoms with Crippen LogP contribution >= 0.6 is 24.0 Å². The molecular weight excluding hydrogens is 302 g/mol. The molecule has 0 radical (unpaired) electrons. The Labute approximate surface area is 136 Å². The quantitative estimate of drug-likeness (QED) is 0.739. The molecule has 1 rings (SSSR count). The molecule has 21 heavy (non-hydrogen) atoms. The molecule has 0 spiro atoms. The maximum absolute atomic E-state index is 11.9. The molecule has 116 valence electrons. The summed E-state index contributed by atoms with van der Waals surface area (Å²) in [7, 11) is 0. The van der Waals surface area contributed by atoms with Gasteiger partial charge >= 0.3 is 0 Å². The zero-order valence-corrected chi connectivity index (χ0v) is 14.3. The molecule has 1 aromatic carbocycles. The van der Waals surface area contributed by atoms with Gasteiger partial charge in [-0.3, -0.25) is 4.79 Å². The molecule has 1 aromatic rings. The summed E-state index contributed by atoms with van der Waals surface area (Å²) in [5.41, 5.74) is 0.831. The molecule has 0 fully saturated rings. The van der Waals surface area contributed by atoms with Crippen molar-refractivity contribution in [2.45, 2.75) is 33.1 Å². The van der Waals surface area contributed by atoms with E-state index in [2.05, 4.69) is 18.7 Å². The zero-order chi connectivity index (χ0) is 15.7. The van der Waals surface area contributed by atoms with E-state index >= 15 is 0 Å². The Morgan fingerprint density at radius 3 is 2.52 bits per heavy atom. The van der Waals surface area contributed by atoms with Gasteiger partial charge < -0.3 is 10.0 Å². The van der Waals surface area contributed by atoms with Crippen LogP contribution in [0.25, 0.3) is 0 Å². The van der Waals surface area contributed by atoms with E-state index in [1.165, 1.54) is 0 Å². The molecule has 1 N–H and O–H groups in total. The molecule has 0 aromatic heterocycles. The Bertz CT molecular complexity index is 473. The lowest BCUT2D eigenvalue weighted by molar-refractivity contribution is -0.118. The van der Waals surface area contributed by atoms with Crippen LogP contribution in [0, 0.1) is 0 Å². The molecule has 0 unspecified atom stereocenters. The maximum atomic E-state index is 11.9. The van der Waals surface area contributed by atoms with Crippen molar-refractivity contribution in [3.05, 3.63) is 29.8 Å². The van der Waals surface area contributed by atoms with Crippen molar-refractivity contribution >= 4 is 34.1 Å². The van der Waals surface area contributed by atoms with Gasteiger partial charge in [0.1, 0.15) is 15.9 Å². The number of carbonyl (C=O) groups is 1. The Morgan fingerprint density at radius 2 is 1.90 bits per heavy atom. The summed E-state index contributed by atoms with van der Waals surface area (Å²) in [5, 5.41) is 9.65. The third-order valence-corrected chi connectivity index (χ3v) is 4.82. The van der Waals surface area contributed by atoms with E-state index in [-0.39, 0.29) is 11.5 Å². The number of benzene rings is 1. The summed E-state index contributed by atoms with van der Waals surface area (Å²) in [6.07, 6.45) is 1.59. The number of nitrogens with zero attached hydrogens (tertiary/aromatic N) is 1. The Balaban J connectivity index is 2.26. The number of thiocarbonyl (C=S) groups is 1. The van der Waals surface area contributed by atoms with E-state index in [1.54, 1.807) is 23.9 Å². The summed E-state index contributed by atoms with van der Waals surface area (Å²) in [6, 6.07) is 7.16. The summed E-state index contributed by atoms with van der Waals surface area (Å²) in [4.78, 5) is 14.0. The second-order valence-electron chi connectivity index (χ2n) is 4.70. The van der Waals surface area contributed by atoms with Crippen molar-refractivity contribution in [3.8, 4) is 5.75 Å². The standard InChI is InChI=1S/C16H23NO2S2/c1-3-17(4-2)16(20)21-12-11-14(18)10-9-13-7-5-6-8-15(13)19/h5-8,19H,3-4,9-12H2,1-2H3. The second-order valence-corrected chi connectivity index (χ2v) is 6.43. The van der Waals surface area contributed by atoms with Gasteiger partial charge in [0.05, 0.1) is 0 Å². The number of aryl methyl sites for hydroxylation is 1. The van der Waals surface area contributed by atoms with Gasteiger partial charge in [-0.15, -0.1) is 0 Å². The first-order valence-electron chi connectivity index (χ1n) is 7.28. The highest BCUT2D eigenvalue weighted by Gasteiger charge is 2.09. The number of rotatable bonds is 8. The van der Waals surface area contributed by atoms with E-state index in [4.69, 9.17) is 12.2 Å². The number of carbonyl (C=O) groups excluding carboxylic acids is 1. The van der Waals surface area contributed by atoms with Gasteiger partial charge in [0.15, 0.2) is 0 Å². The monoisotopic (exact) mass is 325 g/mol. The molecule has 0 amide bonds. The Hall–Kier alpha value is -1.07. The zero-order valence-electron chi connectivity index (χ0n) is 12.7. The van der Waals surface area contributed by atoms with Crippen molar-refractivity contribution in [2.75, 3.05) is 18.8 Å². The smallest absolute Gasteiger partial charge is 0.136 e. The fourth-order valence-corrected chi connectivity index (χ4v) is 3.40. The number of phenolic OH excluding ortho intramolecular Hbond substituents is 1. The molecule has 0 saturated heterocycles. The number of ketones is 1. The number of aromatic hydroxyl groups is 1. The molecule has 0 saturated carbocycles. The molecule has 5 heteroatoms. The van der Waals surface area contributed by atoms with Crippen LogP contribution in [0.15, 0.2) is 24.3 Å². The fraction of sp³-hybridized carbons (Fsp3) is 0.500. The van der Waals surface area contributed by atoms with Crippen molar-refractivity contribution in [1.82, 2.24) is 4.90 Å². The molecule has 3 nitrogen and oxygen atoms in total. The summed E-state index contributed by atoms with van der Waals surface area (Å²) < 4.78 is 0.869. The van der Waals surface area contributed by atoms with E-state index < -0.39 is 0 Å². The number of hydrogen-bond acceptors (Lipinski definition) is 4. The van der Waals surface area contributed by atoms with Crippen molar-refractivity contribution in [3.63, 3.8) is 0 Å². The average Bonchev–Trinajstić information content (AvgIpc) is 2.47. The van der Waals surface area contributed by atoms with E-state index in [0.29, 0.717) is 19.3 Å². The topological polar surface area (TPSA) is 40.5 Å². The van der Waals surface area contributed by atoms with Crippen molar-refractivity contribution in [2.24, 2.45) is 0 Å². The lowest BCUT2D eigenvalue weighted by atomic mass is 10.1. The van der Waals surface area contributed by atoms with Crippen LogP contribution in [0.1, 0.15) is 32.3 Å². The van der Waals surface area contributed by atoms with Crippen LogP contribution < -0.4 is 0 Å². The van der Waals surface area contributed by atoms with Gasteiger partial charge in [0, 0.05) is 31.7 Å². The number of phenols is 1. The second kappa shape index (κ2) is 9.79. The van der Waals surface area contributed by atoms with Gasteiger partial charge in [0.25, 0.3) is 0 Å². The number of para-hydroxylation sites is 1. The van der Waals surface area contributed by atoms with Crippen molar-refractivity contribution in [1.29, 1.82) is 0 Å². The van der Waals surface area contributed by atoms with Crippen LogP contribution in [-0.4, -0.2) is 39.0 Å². The third-order valence-electron chi connectivity index (χ3n) is 3.29. The number of Topliss-reactive ketones (excluding diaryl/α,β-unsaturated/α-hetero) is 1. The molecular formula is C16H23NO2S2. The van der Waals surface area contributed by atoms with Crippen LogP contribution in [0.5, 0.6) is 5.75 Å². The molecule has 0 aliphatic heterocycles. The molecule has 0 aliphatic rings. The highest BCUT2D eigenvalue weighted by molar-refractivity contribution is 8.22. The Kier molecular flexibility index (Phi) is 8.38. The molecule has 0 heterocycles. The van der Waals surface area contributed by atoms with Crippen LogP contribution in [-0.2, 0) is 11.2 Å². The maximum Gasteiger partial charge on any atom is 0.136 e. The lowest BCUT2D eigenvalue weighted by Crippen LogP contribution is -2.26. The van der Waals surface area contributed by atoms with Crippen molar-refractivity contribution < 1.29 is 9.90 Å². The minimum atomic E-state index is 0.216. The highest BCUT2D eigenvalue weighted by Crippen LogP contribution is 2.18. The van der Waals surface area contributed by atoms with E-state index in [9.17, 15) is 9.90 Å². The van der Waals surface area contributed by atoms with Crippen LogP contribution in [0.4, 0.5) is 0 Å². The molecule has 0 aliphatic carbocycles. The SMILES string of the molecule is CCN(CC)C(=S)SCCC(=O)CCc1ccccc1O. The Morgan fingerprint density at radius 1 is 1.24 bits per heavy atom. The van der Waals surface area contributed by atoms with E-state index in [1.807, 2.05) is 12.1 Å². The van der Waals surface area contributed by atoms with Gasteiger partial charge in [0.2, 0.25) is 0 Å². The predicted octanol–water partition coefficient (Wildman–Crippen LogP) is 3.64. The van der Waals surface area contributed by atoms with Gasteiger partial charge in [-0.25, -0.2) is 0 Å². The minimum Gasteiger partial charge on any atom is -0.508 e. The first-order valence-corrected chi connectivity index (χ1v) is 8.68. The summed E-state index contributed by atoms with van der Waals surface area (Å²) >= 11 is 6.90. The lowest BCUT2D eigenvalue weighted by Gasteiger charge is -2.20. The van der Waals surface area contributed by atoms with Crippen LogP contribution in [0.2, 0.25) is 0 Å². The largest absolute Gasteiger partial charge is 0.508 e. The molecule has 0 atom stereocenters. The summed E-state index contributed by atoms with van der Waals surface area (Å²) in [5.74, 6) is 1.21. The third kappa shape index (κ3) is 6.48. The predicted molar refractivity (Wildman–Crippen MR) is 94.0 cm³/mol.